The summed E-state index contributed by atoms with van der Waals surface area (Å²) in [5.74, 6) is -16.9. The second kappa shape index (κ2) is 8.30. The highest BCUT2D eigenvalue weighted by Gasteiger charge is 2.81. The molecule has 0 saturated carbocycles. The Labute approximate surface area is 207 Å². The van der Waals surface area contributed by atoms with Gasteiger partial charge in [-0.3, -0.25) is 0 Å². The average molecular weight is 523 g/mol. The highest BCUT2D eigenvalue weighted by atomic mass is 32.2. The summed E-state index contributed by atoms with van der Waals surface area (Å²) in [4.78, 5) is 1.44. The van der Waals surface area contributed by atoms with Crippen molar-refractivity contribution in [1.82, 2.24) is 0 Å². The molecule has 2 atom stereocenters. The molecule has 3 aromatic rings. The van der Waals surface area contributed by atoms with Crippen molar-refractivity contribution in [3.8, 4) is 10.4 Å². The third kappa shape index (κ3) is 3.59. The van der Waals surface area contributed by atoms with Gasteiger partial charge in [-0.15, -0.1) is 23.1 Å². The van der Waals surface area contributed by atoms with Gasteiger partial charge in [-0.2, -0.15) is 26.3 Å². The van der Waals surface area contributed by atoms with Crippen molar-refractivity contribution in [1.29, 1.82) is 0 Å². The Hall–Kier alpha value is -2.45. The molecule has 0 fully saturated rings. The first-order valence-corrected chi connectivity index (χ1v) is 12.6. The Morgan fingerprint density at radius 3 is 1.94 bits per heavy atom. The summed E-state index contributed by atoms with van der Waals surface area (Å²) in [6, 6.07) is 19.0. The molecule has 0 radical (unpaired) electrons. The van der Waals surface area contributed by atoms with Crippen molar-refractivity contribution in [2.75, 3.05) is 0 Å². The van der Waals surface area contributed by atoms with E-state index in [-0.39, 0.29) is 10.4 Å². The van der Waals surface area contributed by atoms with E-state index in [2.05, 4.69) is 0 Å². The summed E-state index contributed by atoms with van der Waals surface area (Å²) in [6.45, 7) is 3.10. The van der Waals surface area contributed by atoms with E-state index in [0.717, 1.165) is 16.9 Å². The molecule has 35 heavy (non-hydrogen) atoms. The largest absolute Gasteiger partial charge is 0.380 e. The number of thioether (sulfide) groups is 1. The lowest BCUT2D eigenvalue weighted by molar-refractivity contribution is -0.261. The van der Waals surface area contributed by atoms with E-state index in [1.807, 2.05) is 0 Å². The SMILES string of the molecule is Cc1sc(-c2ccccc2)cc1C1=C(C2C=C(c3ccccc3)SC2C)C(F)(F)C(F)(F)C1(F)F. The molecule has 5 rings (SSSR count). The van der Waals surface area contributed by atoms with Crippen LogP contribution in [0.25, 0.3) is 20.9 Å². The standard InChI is InChI=1S/C27H20F6S2/c1-15-19(13-21(34-15)17-9-5-3-6-10-17)23-24(26(30,31)27(32,33)25(23,28)29)20-14-22(35-16(20)2)18-11-7-4-8-12-18/h3-15,19H,1-2H3. The fourth-order valence-corrected chi connectivity index (χ4v) is 7.00. The summed E-state index contributed by atoms with van der Waals surface area (Å²) in [6.07, 6.45) is 1.44. The van der Waals surface area contributed by atoms with Crippen molar-refractivity contribution in [2.45, 2.75) is 36.9 Å². The van der Waals surface area contributed by atoms with Gasteiger partial charge in [-0.1, -0.05) is 73.7 Å². The molecular formula is C27H20F6S2. The molecule has 2 aromatic carbocycles. The topological polar surface area (TPSA) is 0 Å². The van der Waals surface area contributed by atoms with Gasteiger partial charge in [0.1, 0.15) is 0 Å². The molecule has 1 aromatic heterocycles. The van der Waals surface area contributed by atoms with Crippen molar-refractivity contribution in [2.24, 2.45) is 5.92 Å². The van der Waals surface area contributed by atoms with Crippen LogP contribution < -0.4 is 0 Å². The van der Waals surface area contributed by atoms with Gasteiger partial charge >= 0.3 is 17.8 Å². The lowest BCUT2D eigenvalue weighted by Crippen LogP contribution is -2.49. The zero-order valence-corrected chi connectivity index (χ0v) is 20.3. The maximum absolute atomic E-state index is 15.3. The van der Waals surface area contributed by atoms with E-state index >= 15 is 17.6 Å². The molecule has 1 aliphatic carbocycles. The molecule has 0 nitrogen and oxygen atoms in total. The Morgan fingerprint density at radius 1 is 0.771 bits per heavy atom. The molecule has 0 N–H and O–H groups in total. The molecule has 0 bridgehead atoms. The van der Waals surface area contributed by atoms with Crippen LogP contribution in [0.5, 0.6) is 0 Å². The van der Waals surface area contributed by atoms with Gasteiger partial charge in [0.2, 0.25) is 0 Å². The van der Waals surface area contributed by atoms with Crippen LogP contribution >= 0.6 is 23.1 Å². The zero-order valence-electron chi connectivity index (χ0n) is 18.7. The highest BCUT2D eigenvalue weighted by Crippen LogP contribution is 2.66. The Kier molecular flexibility index (Phi) is 5.75. The van der Waals surface area contributed by atoms with Crippen LogP contribution in [0.3, 0.4) is 0 Å². The number of allylic oxidation sites excluding steroid dienone is 3. The summed E-state index contributed by atoms with van der Waals surface area (Å²) in [5, 5.41) is -0.627. The number of rotatable bonds is 4. The third-order valence-corrected chi connectivity index (χ3v) is 8.89. The van der Waals surface area contributed by atoms with Crippen LogP contribution in [0.15, 0.2) is 78.4 Å². The monoisotopic (exact) mass is 522 g/mol. The molecule has 182 valence electrons. The predicted octanol–water partition coefficient (Wildman–Crippen LogP) is 9.19. The van der Waals surface area contributed by atoms with Crippen molar-refractivity contribution >= 4 is 33.6 Å². The minimum Gasteiger partial charge on any atom is -0.194 e. The van der Waals surface area contributed by atoms with Gasteiger partial charge in [-0.05, 0) is 29.7 Å². The molecule has 2 unspecified atom stereocenters. The smallest absolute Gasteiger partial charge is 0.194 e. The van der Waals surface area contributed by atoms with Crippen LogP contribution in [0.1, 0.15) is 22.9 Å². The number of halogens is 6. The molecule has 8 heteroatoms. The number of hydrogen-bond donors (Lipinski definition) is 0. The van der Waals surface area contributed by atoms with E-state index in [1.54, 1.807) is 67.6 Å². The summed E-state index contributed by atoms with van der Waals surface area (Å²) < 4.78 is 90.8. The third-order valence-electron chi connectivity index (χ3n) is 6.50. The normalized spacial score (nSPS) is 24.6. The fraction of sp³-hybridized carbons (Fsp3) is 0.259. The maximum Gasteiger partial charge on any atom is 0.380 e. The zero-order chi connectivity index (χ0) is 25.2. The molecule has 2 heterocycles. The molecule has 0 spiro atoms. The molecular weight excluding hydrogens is 502 g/mol. The van der Waals surface area contributed by atoms with Crippen LogP contribution in [0.2, 0.25) is 0 Å². The van der Waals surface area contributed by atoms with E-state index in [1.165, 1.54) is 30.8 Å². The van der Waals surface area contributed by atoms with Crippen molar-refractivity contribution in [3.05, 3.63) is 94.4 Å². The van der Waals surface area contributed by atoms with Crippen molar-refractivity contribution in [3.63, 3.8) is 0 Å². The first kappa shape index (κ1) is 24.3. The lowest BCUT2D eigenvalue weighted by atomic mass is 9.87. The highest BCUT2D eigenvalue weighted by molar-refractivity contribution is 8.09. The van der Waals surface area contributed by atoms with E-state index < -0.39 is 40.1 Å². The van der Waals surface area contributed by atoms with E-state index in [0.29, 0.717) is 15.3 Å². The van der Waals surface area contributed by atoms with Gasteiger partial charge in [0.05, 0.1) is 0 Å². The van der Waals surface area contributed by atoms with Gasteiger partial charge < -0.3 is 0 Å². The van der Waals surface area contributed by atoms with E-state index in [9.17, 15) is 8.78 Å². The molecule has 0 saturated heterocycles. The second-order valence-corrected chi connectivity index (χ2v) is 11.4. The number of hydrogen-bond acceptors (Lipinski definition) is 2. The minimum absolute atomic E-state index is 0.246. The van der Waals surface area contributed by atoms with E-state index in [4.69, 9.17) is 0 Å². The first-order valence-electron chi connectivity index (χ1n) is 11.0. The molecule has 0 amide bonds. The minimum atomic E-state index is -5.54. The summed E-state index contributed by atoms with van der Waals surface area (Å²) >= 11 is 2.34. The Morgan fingerprint density at radius 2 is 1.34 bits per heavy atom. The first-order chi connectivity index (χ1) is 16.5. The lowest BCUT2D eigenvalue weighted by Gasteiger charge is -2.27. The maximum atomic E-state index is 15.3. The average Bonchev–Trinajstić information content (AvgIpc) is 3.42. The predicted molar refractivity (Wildman–Crippen MR) is 131 cm³/mol. The van der Waals surface area contributed by atoms with Crippen molar-refractivity contribution < 1.29 is 26.3 Å². The summed E-state index contributed by atoms with van der Waals surface area (Å²) in [5.41, 5.74) is -1.24. The molecule has 2 aliphatic rings. The Bertz CT molecular complexity index is 1320. The quantitative estimate of drug-likeness (QED) is 0.308. The number of alkyl halides is 6. The van der Waals surface area contributed by atoms with Crippen LogP contribution in [-0.4, -0.2) is 23.0 Å². The van der Waals surface area contributed by atoms with Crippen LogP contribution in [-0.2, 0) is 0 Å². The van der Waals surface area contributed by atoms with Crippen LogP contribution in [0, 0.1) is 12.8 Å². The van der Waals surface area contributed by atoms with Gasteiger partial charge in [0.25, 0.3) is 0 Å². The summed E-state index contributed by atoms with van der Waals surface area (Å²) in [7, 11) is 0. The Balaban J connectivity index is 1.73. The van der Waals surface area contributed by atoms with Gasteiger partial charge in [-0.25, -0.2) is 0 Å². The molecule has 1 aliphatic heterocycles. The second-order valence-electron chi connectivity index (χ2n) is 8.70. The number of benzene rings is 2. The number of thiophene rings is 1. The fourth-order valence-electron chi connectivity index (χ4n) is 4.71. The van der Waals surface area contributed by atoms with Gasteiger partial charge in [0, 0.05) is 37.0 Å². The number of aryl methyl sites for hydroxylation is 1. The van der Waals surface area contributed by atoms with Crippen LogP contribution in [0.4, 0.5) is 26.3 Å². The van der Waals surface area contributed by atoms with Gasteiger partial charge in [0.15, 0.2) is 0 Å².